The molecule has 0 saturated carbocycles. The van der Waals surface area contributed by atoms with Gasteiger partial charge in [-0.15, -0.1) is 0 Å². The van der Waals surface area contributed by atoms with Gasteiger partial charge >= 0.3 is 0 Å². The summed E-state index contributed by atoms with van der Waals surface area (Å²) in [4.78, 5) is 11.0. The minimum absolute atomic E-state index is 0.416. The third kappa shape index (κ3) is 2.13. The van der Waals surface area contributed by atoms with Crippen LogP contribution in [0.15, 0.2) is 36.7 Å². The van der Waals surface area contributed by atoms with Crippen molar-refractivity contribution in [3.05, 3.63) is 36.7 Å². The molecule has 1 unspecified atom stereocenters. The van der Waals surface area contributed by atoms with Crippen molar-refractivity contribution in [3.63, 3.8) is 0 Å². The van der Waals surface area contributed by atoms with Crippen LogP contribution in [0.25, 0.3) is 11.1 Å². The second kappa shape index (κ2) is 4.29. The van der Waals surface area contributed by atoms with Crippen LogP contribution in [-0.4, -0.2) is 15.7 Å². The molecule has 5 nitrogen and oxygen atoms in total. The summed E-state index contributed by atoms with van der Waals surface area (Å²) in [6, 6.07) is 7.04. The first-order chi connectivity index (χ1) is 8.09. The van der Waals surface area contributed by atoms with E-state index in [1.807, 2.05) is 24.3 Å². The Kier molecular flexibility index (Phi) is 2.82. The Labute approximate surface area is 99.0 Å². The van der Waals surface area contributed by atoms with Crippen LogP contribution in [-0.2, 0) is 4.79 Å². The molecular weight excluding hydrogens is 216 g/mol. The summed E-state index contributed by atoms with van der Waals surface area (Å²) in [6.45, 7) is 1.70. The van der Waals surface area contributed by atoms with Crippen LogP contribution in [0.2, 0.25) is 0 Å². The number of hydrogen-bond donors (Lipinski definition) is 2. The Morgan fingerprint density at radius 3 is 2.76 bits per heavy atom. The van der Waals surface area contributed by atoms with Crippen LogP contribution in [0.5, 0.6) is 0 Å². The van der Waals surface area contributed by atoms with Crippen molar-refractivity contribution in [3.8, 4) is 11.1 Å². The Morgan fingerprint density at radius 2 is 2.12 bits per heavy atom. The fourth-order valence-corrected chi connectivity index (χ4v) is 1.58. The maximum absolute atomic E-state index is 11.0. The number of nitrogen functional groups attached to an aromatic ring is 1. The third-order valence-corrected chi connectivity index (χ3v) is 2.68. The molecule has 0 bridgehead atoms. The number of carbonyl (C=O) groups is 1. The van der Waals surface area contributed by atoms with Gasteiger partial charge in [0.25, 0.3) is 0 Å². The van der Waals surface area contributed by atoms with E-state index in [2.05, 4.69) is 5.10 Å². The highest BCUT2D eigenvalue weighted by Gasteiger charge is 2.13. The fraction of sp³-hybridized carbons (Fsp3) is 0.167. The molecule has 0 saturated heterocycles. The van der Waals surface area contributed by atoms with Gasteiger partial charge in [-0.25, -0.2) is 0 Å². The zero-order valence-electron chi connectivity index (χ0n) is 9.50. The van der Waals surface area contributed by atoms with Gasteiger partial charge < -0.3 is 11.5 Å². The van der Waals surface area contributed by atoms with Gasteiger partial charge in [0.05, 0.1) is 6.20 Å². The van der Waals surface area contributed by atoms with Crippen molar-refractivity contribution in [2.75, 3.05) is 5.73 Å². The molecule has 1 aromatic heterocycles. The van der Waals surface area contributed by atoms with Gasteiger partial charge in [0.2, 0.25) is 5.91 Å². The van der Waals surface area contributed by atoms with Crippen LogP contribution in [0, 0.1) is 0 Å². The van der Waals surface area contributed by atoms with Crippen molar-refractivity contribution in [1.82, 2.24) is 9.78 Å². The molecular formula is C12H14N4O. The predicted molar refractivity (Wildman–Crippen MR) is 66.0 cm³/mol. The van der Waals surface area contributed by atoms with Gasteiger partial charge in [0.15, 0.2) is 0 Å². The molecule has 0 radical (unpaired) electrons. The number of carbonyl (C=O) groups excluding carboxylic acids is 1. The number of para-hydroxylation sites is 1. The summed E-state index contributed by atoms with van der Waals surface area (Å²) in [7, 11) is 0. The van der Waals surface area contributed by atoms with Gasteiger partial charge in [-0.2, -0.15) is 5.10 Å². The number of benzene rings is 1. The van der Waals surface area contributed by atoms with Gasteiger partial charge in [0, 0.05) is 23.0 Å². The quantitative estimate of drug-likeness (QED) is 0.776. The van der Waals surface area contributed by atoms with E-state index in [-0.39, 0.29) is 0 Å². The molecule has 0 aliphatic rings. The van der Waals surface area contributed by atoms with Gasteiger partial charge in [-0.3, -0.25) is 9.48 Å². The van der Waals surface area contributed by atoms with E-state index in [0.29, 0.717) is 5.69 Å². The third-order valence-electron chi connectivity index (χ3n) is 2.68. The Hall–Kier alpha value is -2.30. The minimum Gasteiger partial charge on any atom is -0.398 e. The highest BCUT2D eigenvalue weighted by atomic mass is 16.1. The minimum atomic E-state index is -0.464. The molecule has 17 heavy (non-hydrogen) atoms. The highest BCUT2D eigenvalue weighted by molar-refractivity contribution is 5.79. The molecule has 1 aromatic carbocycles. The zero-order chi connectivity index (χ0) is 12.4. The molecule has 4 N–H and O–H groups in total. The van der Waals surface area contributed by atoms with E-state index in [4.69, 9.17) is 11.5 Å². The van der Waals surface area contributed by atoms with E-state index < -0.39 is 11.9 Å². The first-order valence-corrected chi connectivity index (χ1v) is 5.28. The molecule has 88 valence electrons. The SMILES string of the molecule is CC(C(N)=O)n1cc(-c2ccccc2N)cn1. The normalized spacial score (nSPS) is 12.3. The number of amides is 1. The van der Waals surface area contributed by atoms with Crippen LogP contribution in [0.1, 0.15) is 13.0 Å². The average Bonchev–Trinajstić information content (AvgIpc) is 2.77. The van der Waals surface area contributed by atoms with E-state index in [1.165, 1.54) is 4.68 Å². The lowest BCUT2D eigenvalue weighted by Gasteiger charge is -2.06. The van der Waals surface area contributed by atoms with Crippen LogP contribution >= 0.6 is 0 Å². The maximum atomic E-state index is 11.0. The topological polar surface area (TPSA) is 86.9 Å². The number of hydrogen-bond acceptors (Lipinski definition) is 3. The molecule has 0 aliphatic carbocycles. The van der Waals surface area contributed by atoms with E-state index >= 15 is 0 Å². The van der Waals surface area contributed by atoms with Crippen molar-refractivity contribution in [2.45, 2.75) is 13.0 Å². The maximum Gasteiger partial charge on any atom is 0.241 e. The van der Waals surface area contributed by atoms with Crippen LogP contribution in [0.3, 0.4) is 0 Å². The lowest BCUT2D eigenvalue weighted by Crippen LogP contribution is -2.24. The van der Waals surface area contributed by atoms with Gasteiger partial charge in [-0.1, -0.05) is 18.2 Å². The Bertz CT molecular complexity index is 547. The first kappa shape index (κ1) is 11.2. The number of nitrogens with zero attached hydrogens (tertiary/aromatic N) is 2. The second-order valence-electron chi connectivity index (χ2n) is 3.87. The number of aromatic nitrogens is 2. The molecule has 2 rings (SSSR count). The molecule has 0 spiro atoms. The van der Waals surface area contributed by atoms with E-state index in [0.717, 1.165) is 11.1 Å². The van der Waals surface area contributed by atoms with E-state index in [9.17, 15) is 4.79 Å². The monoisotopic (exact) mass is 230 g/mol. The summed E-state index contributed by atoms with van der Waals surface area (Å²) in [6.07, 6.45) is 3.44. The average molecular weight is 230 g/mol. The molecule has 0 fully saturated rings. The van der Waals surface area contributed by atoms with Crippen LogP contribution < -0.4 is 11.5 Å². The first-order valence-electron chi connectivity index (χ1n) is 5.28. The number of anilines is 1. The molecule has 5 heteroatoms. The van der Waals surface area contributed by atoms with E-state index in [1.54, 1.807) is 19.3 Å². The molecule has 1 heterocycles. The molecule has 1 amide bonds. The predicted octanol–water partition coefficient (Wildman–Crippen LogP) is 1.18. The molecule has 2 aromatic rings. The number of primary amides is 1. The smallest absolute Gasteiger partial charge is 0.241 e. The number of nitrogens with two attached hydrogens (primary N) is 2. The zero-order valence-corrected chi connectivity index (χ0v) is 9.50. The second-order valence-corrected chi connectivity index (χ2v) is 3.87. The fourth-order valence-electron chi connectivity index (χ4n) is 1.58. The largest absolute Gasteiger partial charge is 0.398 e. The molecule has 0 aliphatic heterocycles. The summed E-state index contributed by atoms with van der Waals surface area (Å²) in [5.41, 5.74) is 13.5. The summed E-state index contributed by atoms with van der Waals surface area (Å²) in [5.74, 6) is -0.416. The lowest BCUT2D eigenvalue weighted by atomic mass is 10.1. The van der Waals surface area contributed by atoms with Crippen molar-refractivity contribution in [2.24, 2.45) is 5.73 Å². The lowest BCUT2D eigenvalue weighted by molar-refractivity contribution is -0.120. The van der Waals surface area contributed by atoms with Gasteiger partial charge in [-0.05, 0) is 13.0 Å². The highest BCUT2D eigenvalue weighted by Crippen LogP contribution is 2.25. The van der Waals surface area contributed by atoms with Crippen LogP contribution in [0.4, 0.5) is 5.69 Å². The Balaban J connectivity index is 2.37. The summed E-state index contributed by atoms with van der Waals surface area (Å²) < 4.78 is 1.53. The molecule has 1 atom stereocenters. The van der Waals surface area contributed by atoms with Gasteiger partial charge in [0.1, 0.15) is 6.04 Å². The number of rotatable bonds is 3. The summed E-state index contributed by atoms with van der Waals surface area (Å²) in [5, 5.41) is 4.12. The van der Waals surface area contributed by atoms with Crippen molar-refractivity contribution >= 4 is 11.6 Å². The Morgan fingerprint density at radius 1 is 1.41 bits per heavy atom. The standard InChI is InChI=1S/C12H14N4O/c1-8(12(14)17)16-7-9(6-15-16)10-4-2-3-5-11(10)13/h2-8H,13H2,1H3,(H2,14,17). The van der Waals surface area contributed by atoms with Crippen molar-refractivity contribution < 1.29 is 4.79 Å². The summed E-state index contributed by atoms with van der Waals surface area (Å²) >= 11 is 0. The van der Waals surface area contributed by atoms with Crippen molar-refractivity contribution in [1.29, 1.82) is 0 Å².